The molecular weight excluding hydrogens is 624 g/mol. The summed E-state index contributed by atoms with van der Waals surface area (Å²) in [4.78, 5) is 14.3. The van der Waals surface area contributed by atoms with Crippen LogP contribution in [-0.4, -0.2) is 83.6 Å². The predicted octanol–water partition coefficient (Wildman–Crippen LogP) is 6.30. The van der Waals surface area contributed by atoms with Gasteiger partial charge in [0.2, 0.25) is 0 Å². The second kappa shape index (κ2) is 11.0. The van der Waals surface area contributed by atoms with E-state index in [9.17, 15) is 9.50 Å². The van der Waals surface area contributed by atoms with Crippen LogP contribution in [0.15, 0.2) is 36.9 Å². The van der Waals surface area contributed by atoms with Gasteiger partial charge in [-0.1, -0.05) is 30.3 Å². The Morgan fingerprint density at radius 1 is 1.13 bits per heavy atom. The van der Waals surface area contributed by atoms with E-state index in [1.165, 1.54) is 24.3 Å². The van der Waals surface area contributed by atoms with Gasteiger partial charge in [0.1, 0.15) is 22.9 Å². The Bertz CT molecular complexity index is 1940. The van der Waals surface area contributed by atoms with E-state index >= 15 is 4.39 Å². The van der Waals surface area contributed by atoms with Crippen molar-refractivity contribution in [2.24, 2.45) is 5.41 Å². The topological polar surface area (TPSA) is 83.0 Å². The van der Waals surface area contributed by atoms with Gasteiger partial charge < -0.3 is 24.8 Å². The number of rotatable bonds is 8. The number of nitrogens with zero attached hydrogens (tertiary/aromatic N) is 4. The minimum absolute atomic E-state index is 0.0203. The molecule has 2 unspecified atom stereocenters. The lowest BCUT2D eigenvalue weighted by molar-refractivity contribution is 0.0176. The lowest BCUT2D eigenvalue weighted by Gasteiger charge is -2.34. The normalized spacial score (nSPS) is 26.1. The third kappa shape index (κ3) is 5.03. The van der Waals surface area contributed by atoms with Crippen LogP contribution in [0, 0.1) is 17.0 Å². The molecule has 9 rings (SSSR count). The van der Waals surface area contributed by atoms with E-state index in [2.05, 4.69) is 26.7 Å². The number of ether oxygens (including phenoxy) is 2. The van der Waals surface area contributed by atoms with Crippen molar-refractivity contribution < 1.29 is 23.4 Å². The zero-order valence-corrected chi connectivity index (χ0v) is 26.7. The minimum Gasteiger partial charge on any atom is -0.508 e. The van der Waals surface area contributed by atoms with Crippen molar-refractivity contribution in [3.8, 4) is 22.9 Å². The number of benzene rings is 3. The van der Waals surface area contributed by atoms with Crippen LogP contribution in [0.1, 0.15) is 37.7 Å². The molecule has 11 heteroatoms. The molecule has 4 aromatic rings. The zero-order valence-electron chi connectivity index (χ0n) is 25.9. The fourth-order valence-electron chi connectivity index (χ4n) is 8.38. The first-order valence-electron chi connectivity index (χ1n) is 16.5. The van der Waals surface area contributed by atoms with Gasteiger partial charge in [-0.3, -0.25) is 4.90 Å². The maximum Gasteiger partial charge on any atom is 0.319 e. The lowest BCUT2D eigenvalue weighted by atomic mass is 9.92. The fourth-order valence-corrected chi connectivity index (χ4v) is 8.67. The number of fused-ring (bicyclic) bond motifs is 6. The first-order valence-corrected chi connectivity index (χ1v) is 16.9. The molecule has 4 bridgehead atoms. The average Bonchev–Trinajstić information content (AvgIpc) is 3.32. The highest BCUT2D eigenvalue weighted by molar-refractivity contribution is 6.35. The number of hydrogen-bond donors (Lipinski definition) is 2. The molecule has 4 aliphatic heterocycles. The Kier molecular flexibility index (Phi) is 6.91. The van der Waals surface area contributed by atoms with Crippen molar-refractivity contribution in [2.45, 2.75) is 56.3 Å². The number of phenolic OH excluding ortho intramolecular Hbond substituents is 1. The first kappa shape index (κ1) is 29.6. The van der Waals surface area contributed by atoms with Gasteiger partial charge in [-0.05, 0) is 67.3 Å². The summed E-state index contributed by atoms with van der Waals surface area (Å²) < 4.78 is 44.2. The predicted molar refractivity (Wildman–Crippen MR) is 178 cm³/mol. The summed E-state index contributed by atoms with van der Waals surface area (Å²) in [5.41, 5.74) is 0.565. The van der Waals surface area contributed by atoms with Crippen LogP contribution < -0.4 is 15.0 Å². The molecule has 47 heavy (non-hydrogen) atoms. The van der Waals surface area contributed by atoms with Crippen molar-refractivity contribution >= 4 is 45.2 Å². The van der Waals surface area contributed by atoms with Gasteiger partial charge in [0, 0.05) is 71.6 Å². The SMILES string of the molecule is C=Cc1c(F)ccc2cc(O)cc(-c3c(Cl)cc4c(N5CC6CCC(C5)N6)nc(OCC5(CN6C[C@@H]7C[C@H]6CO7)CC5)nc4c3F)c12. The molecule has 1 aromatic heterocycles. The summed E-state index contributed by atoms with van der Waals surface area (Å²) in [6, 6.07) is 8.71. The number of aromatic nitrogens is 2. The van der Waals surface area contributed by atoms with Gasteiger partial charge in [0.05, 0.1) is 24.3 Å². The number of phenols is 1. The molecule has 244 valence electrons. The van der Waals surface area contributed by atoms with E-state index in [-0.39, 0.29) is 44.4 Å². The largest absolute Gasteiger partial charge is 0.508 e. The van der Waals surface area contributed by atoms with Crippen LogP contribution in [0.2, 0.25) is 5.02 Å². The number of nitrogens with one attached hydrogen (secondary N) is 1. The smallest absolute Gasteiger partial charge is 0.319 e. The minimum atomic E-state index is -0.681. The van der Waals surface area contributed by atoms with Crippen molar-refractivity contribution in [2.75, 3.05) is 44.3 Å². The number of halogens is 3. The molecule has 0 spiro atoms. The number of likely N-dealkylation sites (tertiary alicyclic amines) is 1. The highest BCUT2D eigenvalue weighted by Gasteiger charge is 2.49. The molecule has 5 aliphatic rings. The van der Waals surface area contributed by atoms with Gasteiger partial charge in [-0.15, -0.1) is 0 Å². The highest BCUT2D eigenvalue weighted by atomic mass is 35.5. The van der Waals surface area contributed by atoms with Gasteiger partial charge in [0.15, 0.2) is 5.82 Å². The maximum atomic E-state index is 17.1. The molecule has 4 saturated heterocycles. The number of piperazine rings is 1. The highest BCUT2D eigenvalue weighted by Crippen LogP contribution is 2.49. The molecule has 5 fully saturated rings. The molecule has 1 saturated carbocycles. The van der Waals surface area contributed by atoms with E-state index in [1.54, 1.807) is 12.1 Å². The zero-order chi connectivity index (χ0) is 32.0. The molecule has 2 N–H and O–H groups in total. The van der Waals surface area contributed by atoms with Crippen molar-refractivity contribution in [3.05, 3.63) is 59.1 Å². The molecule has 1 aliphatic carbocycles. The average molecular weight is 660 g/mol. The Morgan fingerprint density at radius 3 is 2.64 bits per heavy atom. The Labute approximate surface area is 276 Å². The van der Waals surface area contributed by atoms with E-state index < -0.39 is 11.6 Å². The van der Waals surface area contributed by atoms with Gasteiger partial charge >= 0.3 is 6.01 Å². The maximum absolute atomic E-state index is 17.1. The number of hydrogen-bond acceptors (Lipinski definition) is 8. The Balaban J connectivity index is 1.15. The fraction of sp³-hybridized carbons (Fsp3) is 0.444. The number of anilines is 1. The summed E-state index contributed by atoms with van der Waals surface area (Å²) in [5, 5.41) is 15.8. The summed E-state index contributed by atoms with van der Waals surface area (Å²) >= 11 is 6.92. The third-order valence-electron chi connectivity index (χ3n) is 10.9. The Hall–Kier alpha value is -3.57. The molecule has 5 heterocycles. The summed E-state index contributed by atoms with van der Waals surface area (Å²) in [6.07, 6.45) is 7.10. The molecule has 4 atom stereocenters. The summed E-state index contributed by atoms with van der Waals surface area (Å²) in [7, 11) is 0. The van der Waals surface area contributed by atoms with E-state index in [4.69, 9.17) is 26.1 Å². The van der Waals surface area contributed by atoms with Gasteiger partial charge in [-0.2, -0.15) is 9.97 Å². The summed E-state index contributed by atoms with van der Waals surface area (Å²) in [6.45, 7) is 8.39. The van der Waals surface area contributed by atoms with Crippen LogP contribution in [0.5, 0.6) is 11.8 Å². The summed E-state index contributed by atoms with van der Waals surface area (Å²) in [5.74, 6) is -0.692. The van der Waals surface area contributed by atoms with Crippen LogP contribution in [0.3, 0.4) is 0 Å². The lowest BCUT2D eigenvalue weighted by Crippen LogP contribution is -2.51. The monoisotopic (exact) mass is 659 g/mol. The van der Waals surface area contributed by atoms with Gasteiger partial charge in [0.25, 0.3) is 0 Å². The van der Waals surface area contributed by atoms with Crippen molar-refractivity contribution in [3.63, 3.8) is 0 Å². The van der Waals surface area contributed by atoms with E-state index in [1.807, 2.05) is 0 Å². The molecule has 8 nitrogen and oxygen atoms in total. The van der Waals surface area contributed by atoms with Crippen LogP contribution in [0.25, 0.3) is 38.9 Å². The van der Waals surface area contributed by atoms with Crippen LogP contribution >= 0.6 is 11.6 Å². The molecule has 3 aromatic carbocycles. The van der Waals surface area contributed by atoms with Crippen molar-refractivity contribution in [1.29, 1.82) is 0 Å². The van der Waals surface area contributed by atoms with E-state index in [0.29, 0.717) is 52.8 Å². The molecule has 0 radical (unpaired) electrons. The van der Waals surface area contributed by atoms with Gasteiger partial charge in [-0.25, -0.2) is 8.78 Å². The van der Waals surface area contributed by atoms with Crippen molar-refractivity contribution in [1.82, 2.24) is 20.2 Å². The molecule has 0 amide bonds. The van der Waals surface area contributed by atoms with Crippen LogP contribution in [0.4, 0.5) is 14.6 Å². The first-order chi connectivity index (χ1) is 22.8. The van der Waals surface area contributed by atoms with Crippen LogP contribution in [-0.2, 0) is 4.74 Å². The second-order valence-electron chi connectivity index (χ2n) is 14.1. The number of aromatic hydroxyl groups is 1. The standard InChI is InChI=1S/C36H36ClF2N5O3/c1-2-25-29(38)6-3-19-9-23(45)11-26(30(19)25)31-28(37)12-27-33(32(31)39)41-35(42-34(27)43-13-20-4-5-21(14-43)40-20)47-18-36(7-8-36)17-44-15-24-10-22(44)16-46-24/h2-3,6,9,11-12,20-22,24,40,45H,1,4-5,7-8,10,13-18H2/t20?,21?,22-,24-/m0/s1. The Morgan fingerprint density at radius 2 is 1.94 bits per heavy atom. The third-order valence-corrected chi connectivity index (χ3v) is 11.2. The quantitative estimate of drug-likeness (QED) is 0.228. The number of morpholine rings is 1. The second-order valence-corrected chi connectivity index (χ2v) is 14.5. The van der Waals surface area contributed by atoms with E-state index in [0.717, 1.165) is 64.9 Å². The molecular formula is C36H36ClF2N5O3.